The van der Waals surface area contributed by atoms with E-state index in [4.69, 9.17) is 0 Å². The van der Waals surface area contributed by atoms with Gasteiger partial charge in [0.05, 0.1) is 11.4 Å². The highest BCUT2D eigenvalue weighted by Gasteiger charge is 2.26. The van der Waals surface area contributed by atoms with Gasteiger partial charge in [0.2, 0.25) is 0 Å². The second-order valence-electron chi connectivity index (χ2n) is 6.25. The van der Waals surface area contributed by atoms with Crippen molar-refractivity contribution in [2.45, 2.75) is 44.7 Å². The van der Waals surface area contributed by atoms with E-state index in [1.807, 2.05) is 45.0 Å². The second-order valence-corrected chi connectivity index (χ2v) is 7.24. The summed E-state index contributed by atoms with van der Waals surface area (Å²) in [5, 5.41) is 10.1. The fraction of sp³-hybridized carbons (Fsp3) is 0.389. The predicted molar refractivity (Wildman–Crippen MR) is 99.8 cm³/mol. The lowest BCUT2D eigenvalue weighted by atomic mass is 10.2. The number of anilines is 1. The van der Waals surface area contributed by atoms with Crippen molar-refractivity contribution in [3.63, 3.8) is 0 Å². The van der Waals surface area contributed by atoms with Crippen LogP contribution in [0.25, 0.3) is 5.69 Å². The molecular weight excluding hydrogens is 336 g/mol. The Hall–Kier alpha value is -2.28. The second kappa shape index (κ2) is 7.31. The molecule has 0 saturated heterocycles. The van der Waals surface area contributed by atoms with Crippen LogP contribution in [0, 0.1) is 6.92 Å². The van der Waals surface area contributed by atoms with Crippen LogP contribution in [-0.4, -0.2) is 27.6 Å². The number of nitrogens with zero attached hydrogens (tertiary/aromatic N) is 2. The minimum absolute atomic E-state index is 0.0403. The number of hydrogen-bond acceptors (Lipinski definition) is 4. The van der Waals surface area contributed by atoms with E-state index >= 15 is 0 Å². The Morgan fingerprint density at radius 3 is 2.64 bits per heavy atom. The highest BCUT2D eigenvalue weighted by molar-refractivity contribution is 7.98. The first kappa shape index (κ1) is 17.5. The third kappa shape index (κ3) is 3.71. The smallest absolute Gasteiger partial charge is 0.314 e. The van der Waals surface area contributed by atoms with Gasteiger partial charge in [-0.25, -0.2) is 4.68 Å². The van der Waals surface area contributed by atoms with Crippen LogP contribution in [0.3, 0.4) is 0 Å². The number of carbonyl (C=O) groups is 2. The Balaban J connectivity index is 1.89. The molecule has 1 aliphatic heterocycles. The lowest BCUT2D eigenvalue weighted by Gasteiger charge is -2.13. The van der Waals surface area contributed by atoms with E-state index in [2.05, 4.69) is 15.7 Å². The van der Waals surface area contributed by atoms with Crippen LogP contribution in [0.5, 0.6) is 0 Å². The van der Waals surface area contributed by atoms with Gasteiger partial charge in [-0.2, -0.15) is 16.9 Å². The molecule has 132 valence electrons. The van der Waals surface area contributed by atoms with Gasteiger partial charge in [-0.3, -0.25) is 9.59 Å². The van der Waals surface area contributed by atoms with Crippen LogP contribution in [0.4, 0.5) is 5.82 Å². The van der Waals surface area contributed by atoms with Gasteiger partial charge in [-0.05, 0) is 32.4 Å². The summed E-state index contributed by atoms with van der Waals surface area (Å²) in [4.78, 5) is 24.4. The lowest BCUT2D eigenvalue weighted by Crippen LogP contribution is -2.40. The summed E-state index contributed by atoms with van der Waals surface area (Å²) >= 11 is 1.75. The molecule has 3 rings (SSSR count). The number of nitrogens with one attached hydrogen (secondary N) is 2. The summed E-state index contributed by atoms with van der Waals surface area (Å²) in [5.41, 5.74) is 3.97. The number of rotatable bonds is 4. The molecule has 0 radical (unpaired) electrons. The zero-order valence-corrected chi connectivity index (χ0v) is 15.4. The van der Waals surface area contributed by atoms with Crippen molar-refractivity contribution in [2.75, 3.05) is 5.32 Å². The summed E-state index contributed by atoms with van der Waals surface area (Å²) in [6, 6.07) is 7.87. The van der Waals surface area contributed by atoms with Crippen molar-refractivity contribution >= 4 is 29.4 Å². The average molecular weight is 358 g/mol. The molecule has 0 spiro atoms. The van der Waals surface area contributed by atoms with E-state index in [9.17, 15) is 9.59 Å². The van der Waals surface area contributed by atoms with Crippen molar-refractivity contribution in [1.29, 1.82) is 0 Å². The number of amides is 2. The number of hydrogen-bond donors (Lipinski definition) is 2. The highest BCUT2D eigenvalue weighted by atomic mass is 32.2. The molecule has 2 N–H and O–H groups in total. The molecule has 1 aromatic carbocycles. The monoisotopic (exact) mass is 358 g/mol. The van der Waals surface area contributed by atoms with Gasteiger partial charge in [0.1, 0.15) is 5.82 Å². The normalized spacial score (nSPS) is 14.0. The summed E-state index contributed by atoms with van der Waals surface area (Å²) in [7, 11) is 0. The standard InChI is InChI=1S/C18H22N4O2S/c1-4-12(3)19-17(23)18(24)20-16-14-9-25-10-15(14)21-22(16)13-7-5-11(2)6-8-13/h5-8,12H,4,9-10H2,1-3H3,(H,19,23)(H,20,24)/t12-/m1/s1. The zero-order chi connectivity index (χ0) is 18.0. The van der Waals surface area contributed by atoms with E-state index in [0.29, 0.717) is 5.82 Å². The SMILES string of the molecule is CC[C@@H](C)NC(=O)C(=O)Nc1c2c(nn1-c1ccc(C)cc1)CSC2. The quantitative estimate of drug-likeness (QED) is 0.824. The molecule has 25 heavy (non-hydrogen) atoms. The molecule has 0 unspecified atom stereocenters. The van der Waals surface area contributed by atoms with Crippen molar-refractivity contribution in [3.8, 4) is 5.69 Å². The van der Waals surface area contributed by atoms with Crippen LogP contribution in [0.1, 0.15) is 37.1 Å². The van der Waals surface area contributed by atoms with Gasteiger partial charge < -0.3 is 10.6 Å². The molecule has 1 aliphatic rings. The molecule has 0 bridgehead atoms. The average Bonchev–Trinajstić information content (AvgIpc) is 3.18. The Labute approximate surface area is 151 Å². The maximum absolute atomic E-state index is 12.3. The number of thioether (sulfide) groups is 1. The minimum atomic E-state index is -0.659. The molecule has 0 fully saturated rings. The first-order valence-electron chi connectivity index (χ1n) is 8.37. The van der Waals surface area contributed by atoms with Crippen molar-refractivity contribution in [1.82, 2.24) is 15.1 Å². The molecule has 7 heteroatoms. The van der Waals surface area contributed by atoms with Gasteiger partial charge in [0, 0.05) is 23.1 Å². The molecule has 0 saturated carbocycles. The van der Waals surface area contributed by atoms with Crippen molar-refractivity contribution in [2.24, 2.45) is 0 Å². The largest absolute Gasteiger partial charge is 0.345 e. The van der Waals surface area contributed by atoms with E-state index in [-0.39, 0.29) is 6.04 Å². The fourth-order valence-corrected chi connectivity index (χ4v) is 3.60. The fourth-order valence-electron chi connectivity index (χ4n) is 2.57. The Morgan fingerprint density at radius 2 is 1.96 bits per heavy atom. The lowest BCUT2D eigenvalue weighted by molar-refractivity contribution is -0.136. The molecule has 1 aromatic heterocycles. The topological polar surface area (TPSA) is 76.0 Å². The number of benzene rings is 1. The van der Waals surface area contributed by atoms with Gasteiger partial charge in [-0.15, -0.1) is 0 Å². The van der Waals surface area contributed by atoms with Crippen LogP contribution in [0.2, 0.25) is 0 Å². The molecule has 2 amide bonds. The van der Waals surface area contributed by atoms with E-state index < -0.39 is 11.8 Å². The van der Waals surface area contributed by atoms with Gasteiger partial charge in [0.25, 0.3) is 0 Å². The summed E-state index contributed by atoms with van der Waals surface area (Å²) in [5.74, 6) is 0.909. The molecule has 6 nitrogen and oxygen atoms in total. The van der Waals surface area contributed by atoms with Crippen LogP contribution in [-0.2, 0) is 21.1 Å². The predicted octanol–water partition coefficient (Wildman–Crippen LogP) is 2.78. The summed E-state index contributed by atoms with van der Waals surface area (Å²) < 4.78 is 1.72. The maximum atomic E-state index is 12.3. The van der Waals surface area contributed by atoms with E-state index in [1.54, 1.807) is 16.4 Å². The van der Waals surface area contributed by atoms with E-state index in [1.165, 1.54) is 0 Å². The maximum Gasteiger partial charge on any atom is 0.314 e. The Morgan fingerprint density at radius 1 is 1.24 bits per heavy atom. The molecule has 1 atom stereocenters. The first-order chi connectivity index (χ1) is 12.0. The summed E-state index contributed by atoms with van der Waals surface area (Å²) in [6.07, 6.45) is 0.770. The van der Waals surface area contributed by atoms with Crippen LogP contribution in [0.15, 0.2) is 24.3 Å². The molecule has 0 aliphatic carbocycles. The number of fused-ring (bicyclic) bond motifs is 1. The molecule has 2 heterocycles. The third-order valence-electron chi connectivity index (χ3n) is 4.26. The van der Waals surface area contributed by atoms with Gasteiger partial charge in [-0.1, -0.05) is 24.6 Å². The Bertz CT molecular complexity index is 798. The van der Waals surface area contributed by atoms with Crippen molar-refractivity contribution < 1.29 is 9.59 Å². The van der Waals surface area contributed by atoms with Gasteiger partial charge in [0.15, 0.2) is 0 Å². The van der Waals surface area contributed by atoms with Crippen LogP contribution >= 0.6 is 11.8 Å². The highest BCUT2D eigenvalue weighted by Crippen LogP contribution is 2.36. The third-order valence-corrected chi connectivity index (χ3v) is 5.23. The Kier molecular flexibility index (Phi) is 5.13. The molecular formula is C18H22N4O2S. The van der Waals surface area contributed by atoms with Crippen molar-refractivity contribution in [3.05, 3.63) is 41.1 Å². The van der Waals surface area contributed by atoms with E-state index in [0.717, 1.165) is 40.4 Å². The number of aromatic nitrogens is 2. The number of aryl methyl sites for hydroxylation is 1. The van der Waals surface area contributed by atoms with Gasteiger partial charge >= 0.3 is 11.8 Å². The van der Waals surface area contributed by atoms with Crippen LogP contribution < -0.4 is 10.6 Å². The number of carbonyl (C=O) groups excluding carboxylic acids is 2. The summed E-state index contributed by atoms with van der Waals surface area (Å²) in [6.45, 7) is 5.85. The zero-order valence-electron chi connectivity index (χ0n) is 14.6. The minimum Gasteiger partial charge on any atom is -0.345 e. The first-order valence-corrected chi connectivity index (χ1v) is 9.52. The molecule has 2 aromatic rings.